The molecule has 0 saturated heterocycles. The number of ether oxygens (including phenoxy) is 1. The topological polar surface area (TPSA) is 21.3 Å². The fourth-order valence-electron chi connectivity index (χ4n) is 2.14. The second-order valence-electron chi connectivity index (χ2n) is 4.80. The van der Waals surface area contributed by atoms with Gasteiger partial charge in [-0.05, 0) is 55.6 Å². The summed E-state index contributed by atoms with van der Waals surface area (Å²) in [6.45, 7) is 6.75. The van der Waals surface area contributed by atoms with Crippen LogP contribution < -0.4 is 10.1 Å². The SMILES string of the molecule is CCNCC(=Cc1cc(C)c(OC(F)F)c(C)c1)CC. The Morgan fingerprint density at radius 1 is 1.25 bits per heavy atom. The maximum Gasteiger partial charge on any atom is 0.387 e. The van der Waals surface area contributed by atoms with Crippen LogP contribution in [0.1, 0.15) is 37.0 Å². The lowest BCUT2D eigenvalue weighted by Gasteiger charge is -2.13. The molecule has 0 saturated carbocycles. The van der Waals surface area contributed by atoms with Crippen LogP contribution in [0.25, 0.3) is 6.08 Å². The van der Waals surface area contributed by atoms with Crippen molar-refractivity contribution in [3.8, 4) is 5.75 Å². The van der Waals surface area contributed by atoms with Crippen molar-refractivity contribution in [3.63, 3.8) is 0 Å². The molecular weight excluding hydrogens is 260 g/mol. The van der Waals surface area contributed by atoms with E-state index in [0.717, 1.165) is 36.2 Å². The Bertz CT molecular complexity index is 447. The second kappa shape index (κ2) is 8.00. The van der Waals surface area contributed by atoms with E-state index in [2.05, 4.69) is 30.0 Å². The van der Waals surface area contributed by atoms with Crippen molar-refractivity contribution in [2.75, 3.05) is 13.1 Å². The molecule has 0 spiro atoms. The van der Waals surface area contributed by atoms with Gasteiger partial charge in [0.15, 0.2) is 0 Å². The highest BCUT2D eigenvalue weighted by Crippen LogP contribution is 2.27. The molecule has 0 fully saturated rings. The monoisotopic (exact) mass is 283 g/mol. The van der Waals surface area contributed by atoms with Gasteiger partial charge < -0.3 is 10.1 Å². The number of aryl methyl sites for hydroxylation is 2. The van der Waals surface area contributed by atoms with Crippen LogP contribution >= 0.6 is 0 Å². The summed E-state index contributed by atoms with van der Waals surface area (Å²) in [6.07, 6.45) is 3.06. The zero-order valence-corrected chi connectivity index (χ0v) is 12.6. The Balaban J connectivity index is 3.00. The summed E-state index contributed by atoms with van der Waals surface area (Å²) in [7, 11) is 0. The van der Waals surface area contributed by atoms with E-state index in [4.69, 9.17) is 0 Å². The van der Waals surface area contributed by atoms with E-state index in [9.17, 15) is 8.78 Å². The van der Waals surface area contributed by atoms with Gasteiger partial charge in [-0.15, -0.1) is 0 Å². The first kappa shape index (κ1) is 16.6. The molecule has 2 nitrogen and oxygen atoms in total. The molecule has 4 heteroatoms. The number of halogens is 2. The highest BCUT2D eigenvalue weighted by atomic mass is 19.3. The zero-order chi connectivity index (χ0) is 15.1. The smallest absolute Gasteiger partial charge is 0.387 e. The van der Waals surface area contributed by atoms with Crippen LogP contribution in [0.5, 0.6) is 5.75 Å². The summed E-state index contributed by atoms with van der Waals surface area (Å²) >= 11 is 0. The summed E-state index contributed by atoms with van der Waals surface area (Å²) in [4.78, 5) is 0. The quantitative estimate of drug-likeness (QED) is 0.805. The minimum Gasteiger partial charge on any atom is -0.434 e. The maximum absolute atomic E-state index is 12.3. The van der Waals surface area contributed by atoms with Gasteiger partial charge in [0.2, 0.25) is 0 Å². The van der Waals surface area contributed by atoms with Crippen LogP contribution in [0, 0.1) is 13.8 Å². The number of benzene rings is 1. The van der Waals surface area contributed by atoms with E-state index in [1.54, 1.807) is 13.8 Å². The lowest BCUT2D eigenvalue weighted by molar-refractivity contribution is -0.0507. The van der Waals surface area contributed by atoms with Crippen LogP contribution in [-0.4, -0.2) is 19.7 Å². The molecule has 0 radical (unpaired) electrons. The standard InChI is InChI=1S/C16H23F2NO/c1-5-13(10-19-6-2)9-14-7-11(3)15(12(4)8-14)20-16(17)18/h7-9,16,19H,5-6,10H2,1-4H3. The van der Waals surface area contributed by atoms with Crippen molar-refractivity contribution >= 4 is 6.08 Å². The summed E-state index contributed by atoms with van der Waals surface area (Å²) in [5, 5.41) is 3.29. The first-order chi connectivity index (χ1) is 9.47. The molecule has 20 heavy (non-hydrogen) atoms. The fourth-order valence-corrected chi connectivity index (χ4v) is 2.14. The lowest BCUT2D eigenvalue weighted by Crippen LogP contribution is -2.15. The minimum atomic E-state index is -2.78. The number of nitrogens with one attached hydrogen (secondary N) is 1. The van der Waals surface area contributed by atoms with Crippen LogP contribution in [0.4, 0.5) is 8.78 Å². The fraction of sp³-hybridized carbons (Fsp3) is 0.500. The molecule has 1 N–H and O–H groups in total. The van der Waals surface area contributed by atoms with Crippen LogP contribution in [0.2, 0.25) is 0 Å². The molecule has 0 aliphatic carbocycles. The molecule has 1 rings (SSSR count). The predicted octanol–water partition coefficient (Wildman–Crippen LogP) is 4.31. The van der Waals surface area contributed by atoms with Gasteiger partial charge in [0.1, 0.15) is 5.75 Å². The van der Waals surface area contributed by atoms with Crippen molar-refractivity contribution in [2.45, 2.75) is 40.7 Å². The van der Waals surface area contributed by atoms with E-state index in [-0.39, 0.29) is 5.75 Å². The first-order valence-corrected chi connectivity index (χ1v) is 6.94. The van der Waals surface area contributed by atoms with Gasteiger partial charge in [-0.3, -0.25) is 0 Å². The number of alkyl halides is 2. The normalized spacial score (nSPS) is 12.1. The van der Waals surface area contributed by atoms with Gasteiger partial charge >= 0.3 is 6.61 Å². The molecule has 112 valence electrons. The zero-order valence-electron chi connectivity index (χ0n) is 12.6. The molecule has 0 unspecified atom stereocenters. The molecule has 0 aromatic heterocycles. The summed E-state index contributed by atoms with van der Waals surface area (Å²) < 4.78 is 29.2. The van der Waals surface area contributed by atoms with Crippen LogP contribution in [0.15, 0.2) is 17.7 Å². The molecule has 1 aromatic carbocycles. The summed E-state index contributed by atoms with van der Waals surface area (Å²) in [6, 6.07) is 3.76. The largest absolute Gasteiger partial charge is 0.434 e. The Hall–Kier alpha value is -1.42. The number of likely N-dealkylation sites (N-methyl/N-ethyl adjacent to an activating group) is 1. The van der Waals surface area contributed by atoms with Crippen molar-refractivity contribution < 1.29 is 13.5 Å². The Morgan fingerprint density at radius 2 is 1.85 bits per heavy atom. The van der Waals surface area contributed by atoms with Gasteiger partial charge in [0, 0.05) is 6.54 Å². The third-order valence-electron chi connectivity index (χ3n) is 3.12. The third kappa shape index (κ3) is 4.93. The van der Waals surface area contributed by atoms with E-state index < -0.39 is 6.61 Å². The van der Waals surface area contributed by atoms with Crippen molar-refractivity contribution in [1.82, 2.24) is 5.32 Å². The van der Waals surface area contributed by atoms with E-state index in [1.807, 2.05) is 12.1 Å². The third-order valence-corrected chi connectivity index (χ3v) is 3.12. The minimum absolute atomic E-state index is 0.280. The first-order valence-electron chi connectivity index (χ1n) is 6.94. The van der Waals surface area contributed by atoms with E-state index in [1.165, 1.54) is 5.57 Å². The molecule has 0 atom stereocenters. The summed E-state index contributed by atoms with van der Waals surface area (Å²) in [5.41, 5.74) is 3.77. The Morgan fingerprint density at radius 3 is 2.30 bits per heavy atom. The van der Waals surface area contributed by atoms with E-state index >= 15 is 0 Å². The van der Waals surface area contributed by atoms with Gasteiger partial charge in [0.25, 0.3) is 0 Å². The van der Waals surface area contributed by atoms with Crippen molar-refractivity contribution in [2.24, 2.45) is 0 Å². The molecule has 0 aliphatic heterocycles. The number of hydrogen-bond acceptors (Lipinski definition) is 2. The van der Waals surface area contributed by atoms with Crippen molar-refractivity contribution in [1.29, 1.82) is 0 Å². The van der Waals surface area contributed by atoms with Crippen LogP contribution in [0.3, 0.4) is 0 Å². The van der Waals surface area contributed by atoms with Gasteiger partial charge in [-0.25, -0.2) is 0 Å². The second-order valence-corrected chi connectivity index (χ2v) is 4.80. The Kier molecular flexibility index (Phi) is 6.65. The lowest BCUT2D eigenvalue weighted by atomic mass is 10.0. The average molecular weight is 283 g/mol. The van der Waals surface area contributed by atoms with Crippen LogP contribution in [-0.2, 0) is 0 Å². The number of hydrogen-bond donors (Lipinski definition) is 1. The molecule has 0 bridgehead atoms. The molecule has 0 heterocycles. The summed E-state index contributed by atoms with van der Waals surface area (Å²) in [5.74, 6) is 0.280. The van der Waals surface area contributed by atoms with Gasteiger partial charge in [-0.2, -0.15) is 8.78 Å². The van der Waals surface area contributed by atoms with Gasteiger partial charge in [-0.1, -0.05) is 25.5 Å². The number of rotatable bonds is 7. The highest BCUT2D eigenvalue weighted by Gasteiger charge is 2.11. The Labute approximate surface area is 119 Å². The average Bonchev–Trinajstić information content (AvgIpc) is 2.38. The molecule has 1 aromatic rings. The highest BCUT2D eigenvalue weighted by molar-refractivity contribution is 5.58. The predicted molar refractivity (Wildman–Crippen MR) is 79.4 cm³/mol. The van der Waals surface area contributed by atoms with Crippen molar-refractivity contribution in [3.05, 3.63) is 34.4 Å². The molecule has 0 aliphatic rings. The maximum atomic E-state index is 12.3. The molecule has 0 amide bonds. The van der Waals surface area contributed by atoms with Gasteiger partial charge in [0.05, 0.1) is 0 Å². The molecular formula is C16H23F2NO. The van der Waals surface area contributed by atoms with E-state index in [0.29, 0.717) is 0 Å².